The van der Waals surface area contributed by atoms with Crippen molar-refractivity contribution in [3.05, 3.63) is 91.4 Å². The van der Waals surface area contributed by atoms with Crippen LogP contribution in [0.15, 0.2) is 54.6 Å². The molecule has 11 heteroatoms. The second-order valence-corrected chi connectivity index (χ2v) is 7.82. The molecule has 6 nitrogen and oxygen atoms in total. The van der Waals surface area contributed by atoms with Crippen molar-refractivity contribution in [3.8, 4) is 23.3 Å². The summed E-state index contributed by atoms with van der Waals surface area (Å²) in [6, 6.07) is 13.5. The van der Waals surface area contributed by atoms with Crippen LogP contribution in [0.5, 0.6) is 17.2 Å². The molecule has 0 amide bonds. The van der Waals surface area contributed by atoms with E-state index in [0.717, 1.165) is 6.07 Å². The Morgan fingerprint density at radius 3 is 2.37 bits per heavy atom. The predicted molar refractivity (Wildman–Crippen MR) is 126 cm³/mol. The molecule has 0 atom stereocenters. The highest BCUT2D eigenvalue weighted by Crippen LogP contribution is 2.44. The zero-order chi connectivity index (χ0) is 25.8. The highest BCUT2D eigenvalue weighted by Gasteiger charge is 2.33. The van der Waals surface area contributed by atoms with Crippen molar-refractivity contribution in [2.75, 3.05) is 6.61 Å². The summed E-state index contributed by atoms with van der Waals surface area (Å²) >= 11 is 12.3. The molecule has 0 bridgehead atoms. The van der Waals surface area contributed by atoms with Gasteiger partial charge in [-0.05, 0) is 60.5 Å². The third-order valence-electron chi connectivity index (χ3n) is 4.61. The standard InChI is InChI=1S/C24H15Cl2F3N2O4/c1-2-34-22-11-14(9-16(13-30)15-3-6-18(25)7-4-15)10-19(26)23(22)35-21-8-5-17(24(27,28)29)12-20(21)31(32)33/h3-12H,2H2,1H3/b16-9+. The fourth-order valence-electron chi connectivity index (χ4n) is 3.04. The van der Waals surface area contributed by atoms with E-state index in [0.29, 0.717) is 33.9 Å². The van der Waals surface area contributed by atoms with E-state index in [1.54, 1.807) is 37.3 Å². The highest BCUT2D eigenvalue weighted by molar-refractivity contribution is 6.32. The zero-order valence-electron chi connectivity index (χ0n) is 17.9. The van der Waals surface area contributed by atoms with E-state index >= 15 is 0 Å². The van der Waals surface area contributed by atoms with Crippen LogP contribution >= 0.6 is 23.2 Å². The van der Waals surface area contributed by atoms with E-state index in [9.17, 15) is 28.5 Å². The van der Waals surface area contributed by atoms with E-state index in [1.165, 1.54) is 12.1 Å². The Balaban J connectivity index is 2.06. The van der Waals surface area contributed by atoms with Crippen LogP contribution in [0.1, 0.15) is 23.6 Å². The van der Waals surface area contributed by atoms with Crippen LogP contribution in [-0.4, -0.2) is 11.5 Å². The summed E-state index contributed by atoms with van der Waals surface area (Å²) < 4.78 is 50.1. The van der Waals surface area contributed by atoms with Gasteiger partial charge in [0, 0.05) is 11.1 Å². The van der Waals surface area contributed by atoms with Gasteiger partial charge in [-0.25, -0.2) is 0 Å². The number of ether oxygens (including phenoxy) is 2. The highest BCUT2D eigenvalue weighted by atomic mass is 35.5. The molecule has 0 heterocycles. The maximum Gasteiger partial charge on any atom is 0.416 e. The predicted octanol–water partition coefficient (Wildman–Crippen LogP) is 8.18. The summed E-state index contributed by atoms with van der Waals surface area (Å²) in [5, 5.41) is 21.4. The molecule has 0 spiro atoms. The Kier molecular flexibility index (Phi) is 7.89. The molecule has 0 unspecified atom stereocenters. The van der Waals surface area contributed by atoms with Crippen molar-refractivity contribution in [1.82, 2.24) is 0 Å². The molecule has 0 aliphatic rings. The number of hydrogen-bond acceptors (Lipinski definition) is 5. The second kappa shape index (κ2) is 10.7. The van der Waals surface area contributed by atoms with Gasteiger partial charge < -0.3 is 9.47 Å². The Morgan fingerprint density at radius 2 is 1.80 bits per heavy atom. The lowest BCUT2D eigenvalue weighted by molar-refractivity contribution is -0.385. The van der Waals surface area contributed by atoms with Gasteiger partial charge in [-0.2, -0.15) is 18.4 Å². The van der Waals surface area contributed by atoms with Crippen LogP contribution in [0.2, 0.25) is 10.0 Å². The van der Waals surface area contributed by atoms with Gasteiger partial charge in [-0.1, -0.05) is 35.3 Å². The molecule has 0 radical (unpaired) electrons. The number of hydrogen-bond donors (Lipinski definition) is 0. The molecule has 0 N–H and O–H groups in total. The van der Waals surface area contributed by atoms with Crippen molar-refractivity contribution < 1.29 is 27.6 Å². The van der Waals surface area contributed by atoms with Crippen molar-refractivity contribution in [2.24, 2.45) is 0 Å². The molecule has 35 heavy (non-hydrogen) atoms. The zero-order valence-corrected chi connectivity index (χ0v) is 19.4. The molecule has 3 aromatic carbocycles. The maximum absolute atomic E-state index is 13.0. The first-order chi connectivity index (χ1) is 16.5. The van der Waals surface area contributed by atoms with Gasteiger partial charge in [0.1, 0.15) is 0 Å². The summed E-state index contributed by atoms with van der Waals surface area (Å²) in [7, 11) is 0. The molecule has 0 aliphatic heterocycles. The Hall–Kier alpha value is -3.74. The number of rotatable bonds is 7. The fraction of sp³-hybridized carbons (Fsp3) is 0.125. The van der Waals surface area contributed by atoms with Crippen LogP contribution in [0.4, 0.5) is 18.9 Å². The molecular formula is C24H15Cl2F3N2O4. The maximum atomic E-state index is 13.0. The summed E-state index contributed by atoms with van der Waals surface area (Å²) in [5.74, 6) is -0.500. The lowest BCUT2D eigenvalue weighted by atomic mass is 10.0. The van der Waals surface area contributed by atoms with Crippen molar-refractivity contribution in [2.45, 2.75) is 13.1 Å². The van der Waals surface area contributed by atoms with Crippen LogP contribution < -0.4 is 9.47 Å². The Bertz CT molecular complexity index is 1330. The first-order valence-electron chi connectivity index (χ1n) is 9.91. The van der Waals surface area contributed by atoms with Gasteiger partial charge in [-0.15, -0.1) is 0 Å². The van der Waals surface area contributed by atoms with Gasteiger partial charge in [-0.3, -0.25) is 10.1 Å². The first-order valence-corrected chi connectivity index (χ1v) is 10.7. The summed E-state index contributed by atoms with van der Waals surface area (Å²) in [6.07, 6.45) is -3.23. The normalized spacial score (nSPS) is 11.6. The van der Waals surface area contributed by atoms with Crippen LogP contribution in [0.3, 0.4) is 0 Å². The fourth-order valence-corrected chi connectivity index (χ4v) is 3.43. The van der Waals surface area contributed by atoms with E-state index in [1.807, 2.05) is 0 Å². The van der Waals surface area contributed by atoms with Gasteiger partial charge >= 0.3 is 11.9 Å². The summed E-state index contributed by atoms with van der Waals surface area (Å²) in [4.78, 5) is 10.4. The van der Waals surface area contributed by atoms with Crippen molar-refractivity contribution in [3.63, 3.8) is 0 Å². The quantitative estimate of drug-likeness (QED) is 0.135. The van der Waals surface area contributed by atoms with Gasteiger partial charge in [0.25, 0.3) is 0 Å². The number of nitriles is 1. The lowest BCUT2D eigenvalue weighted by Crippen LogP contribution is -2.06. The number of allylic oxidation sites excluding steroid dienone is 1. The van der Waals surface area contributed by atoms with Gasteiger partial charge in [0.2, 0.25) is 5.75 Å². The smallest absolute Gasteiger partial charge is 0.416 e. The van der Waals surface area contributed by atoms with Crippen LogP contribution in [-0.2, 0) is 6.18 Å². The molecule has 3 aromatic rings. The first kappa shape index (κ1) is 25.9. The number of benzene rings is 3. The number of nitro benzene ring substituents is 1. The SMILES string of the molecule is CCOc1cc(/C=C(\C#N)c2ccc(Cl)cc2)cc(Cl)c1Oc1ccc(C(F)(F)F)cc1[N+](=O)[O-]. The average molecular weight is 523 g/mol. The third kappa shape index (κ3) is 6.23. The van der Waals surface area contributed by atoms with Gasteiger partial charge in [0.15, 0.2) is 11.5 Å². The van der Waals surface area contributed by atoms with Crippen LogP contribution in [0, 0.1) is 21.4 Å². The summed E-state index contributed by atoms with van der Waals surface area (Å²) in [6.45, 7) is 1.84. The second-order valence-electron chi connectivity index (χ2n) is 6.98. The molecule has 0 aliphatic carbocycles. The monoisotopic (exact) mass is 522 g/mol. The number of halogens is 5. The number of alkyl halides is 3. The minimum Gasteiger partial charge on any atom is -0.490 e. The Labute approximate surface area is 207 Å². The molecule has 0 saturated heterocycles. The summed E-state index contributed by atoms with van der Waals surface area (Å²) in [5.41, 5.74) is -0.727. The van der Waals surface area contributed by atoms with Crippen LogP contribution in [0.25, 0.3) is 11.6 Å². The third-order valence-corrected chi connectivity index (χ3v) is 5.15. The molecule has 0 aromatic heterocycles. The largest absolute Gasteiger partial charge is 0.490 e. The number of nitrogens with zero attached hydrogens (tertiary/aromatic N) is 2. The molecule has 0 fully saturated rings. The van der Waals surface area contributed by atoms with E-state index in [-0.39, 0.29) is 23.1 Å². The molecule has 0 saturated carbocycles. The molecule has 3 rings (SSSR count). The van der Waals surface area contributed by atoms with E-state index in [2.05, 4.69) is 6.07 Å². The van der Waals surface area contributed by atoms with Crippen molar-refractivity contribution in [1.29, 1.82) is 5.26 Å². The molecular weight excluding hydrogens is 508 g/mol. The molecule has 180 valence electrons. The minimum atomic E-state index is -4.77. The van der Waals surface area contributed by atoms with E-state index in [4.69, 9.17) is 32.7 Å². The lowest BCUT2D eigenvalue weighted by Gasteiger charge is -2.15. The Morgan fingerprint density at radius 1 is 1.11 bits per heavy atom. The topological polar surface area (TPSA) is 85.4 Å². The van der Waals surface area contributed by atoms with Gasteiger partial charge in [0.05, 0.1) is 33.8 Å². The van der Waals surface area contributed by atoms with Crippen molar-refractivity contribution >= 4 is 40.5 Å². The van der Waals surface area contributed by atoms with E-state index < -0.39 is 28.1 Å². The minimum absolute atomic E-state index is 0.0372. The number of nitro groups is 1. The average Bonchev–Trinajstić information content (AvgIpc) is 2.80.